The van der Waals surface area contributed by atoms with Crippen LogP contribution in [0.1, 0.15) is 47.0 Å². The van der Waals surface area contributed by atoms with Crippen molar-refractivity contribution in [3.05, 3.63) is 0 Å². The molecule has 0 spiro atoms. The predicted molar refractivity (Wildman–Crippen MR) is 79.8 cm³/mol. The summed E-state index contributed by atoms with van der Waals surface area (Å²) < 4.78 is 0. The van der Waals surface area contributed by atoms with Gasteiger partial charge in [-0.3, -0.25) is 0 Å². The maximum Gasteiger partial charge on any atom is 0.0330 e. The van der Waals surface area contributed by atoms with Crippen molar-refractivity contribution in [3.8, 4) is 0 Å². The lowest BCUT2D eigenvalue weighted by Gasteiger charge is -2.51. The maximum absolute atomic E-state index is 6.29. The topological polar surface area (TPSA) is 32.5 Å². The van der Waals surface area contributed by atoms with Crippen LogP contribution in [0.4, 0.5) is 0 Å². The van der Waals surface area contributed by atoms with Gasteiger partial charge in [0.05, 0.1) is 0 Å². The molecule has 0 aliphatic heterocycles. The van der Waals surface area contributed by atoms with E-state index in [1.165, 1.54) is 19.3 Å². The second-order valence-corrected chi connectivity index (χ2v) is 7.75. The zero-order chi connectivity index (χ0) is 14.2. The molecule has 1 saturated carbocycles. The molecule has 0 aromatic heterocycles. The number of hydrogen-bond donors (Lipinski definition) is 1. The zero-order valence-electron chi connectivity index (χ0n) is 13.5. The largest absolute Gasteiger partial charge is 0.325 e. The third kappa shape index (κ3) is 3.25. The van der Waals surface area contributed by atoms with Gasteiger partial charge in [-0.05, 0) is 59.7 Å². The van der Waals surface area contributed by atoms with Gasteiger partial charge in [0.1, 0.15) is 0 Å². The van der Waals surface area contributed by atoms with E-state index in [4.69, 9.17) is 5.73 Å². The summed E-state index contributed by atoms with van der Waals surface area (Å²) in [6.45, 7) is 11.0. The molecule has 0 radical (unpaired) electrons. The highest BCUT2D eigenvalue weighted by molar-refractivity contribution is 4.99. The Morgan fingerprint density at radius 3 is 1.83 bits per heavy atom. The molecule has 18 heavy (non-hydrogen) atoms. The Morgan fingerprint density at radius 1 is 1.06 bits per heavy atom. The molecular formula is C15H33N3. The lowest BCUT2D eigenvalue weighted by atomic mass is 9.73. The summed E-state index contributed by atoms with van der Waals surface area (Å²) in [5, 5.41) is 0. The lowest BCUT2D eigenvalue weighted by Crippen LogP contribution is -2.59. The molecule has 0 amide bonds. The van der Waals surface area contributed by atoms with E-state index in [9.17, 15) is 0 Å². The molecule has 0 saturated heterocycles. The highest BCUT2D eigenvalue weighted by Gasteiger charge is 2.41. The summed E-state index contributed by atoms with van der Waals surface area (Å²) >= 11 is 0. The Hall–Kier alpha value is -0.120. The van der Waals surface area contributed by atoms with Crippen molar-refractivity contribution in [2.45, 2.75) is 58.0 Å². The second kappa shape index (κ2) is 5.10. The average molecular weight is 255 g/mol. The van der Waals surface area contributed by atoms with Gasteiger partial charge >= 0.3 is 0 Å². The highest BCUT2D eigenvalue weighted by atomic mass is 15.2. The Balaban J connectivity index is 2.59. The minimum Gasteiger partial charge on any atom is -0.325 e. The summed E-state index contributed by atoms with van der Waals surface area (Å²) in [4.78, 5) is 4.88. The van der Waals surface area contributed by atoms with E-state index >= 15 is 0 Å². The highest BCUT2D eigenvalue weighted by Crippen LogP contribution is 2.37. The van der Waals surface area contributed by atoms with Gasteiger partial charge in [0.25, 0.3) is 0 Å². The van der Waals surface area contributed by atoms with E-state index in [0.717, 1.165) is 13.1 Å². The van der Waals surface area contributed by atoms with Crippen LogP contribution in [0.3, 0.4) is 0 Å². The molecule has 3 nitrogen and oxygen atoms in total. The first-order valence-electron chi connectivity index (χ1n) is 7.15. The first-order chi connectivity index (χ1) is 8.00. The van der Waals surface area contributed by atoms with Crippen LogP contribution < -0.4 is 5.73 Å². The van der Waals surface area contributed by atoms with Gasteiger partial charge in [-0.2, -0.15) is 0 Å². The number of rotatable bonds is 6. The third-order valence-corrected chi connectivity index (χ3v) is 5.21. The average Bonchev–Trinajstić information content (AvgIpc) is 2.07. The molecule has 1 rings (SSSR count). The van der Waals surface area contributed by atoms with Crippen LogP contribution in [0.2, 0.25) is 0 Å². The summed E-state index contributed by atoms with van der Waals surface area (Å²) in [5.41, 5.74) is 6.68. The molecule has 1 aliphatic rings. The first kappa shape index (κ1) is 15.9. The molecule has 0 bridgehead atoms. The quantitative estimate of drug-likeness (QED) is 0.789. The molecular weight excluding hydrogens is 222 g/mol. The Bertz CT molecular complexity index is 268. The van der Waals surface area contributed by atoms with Crippen molar-refractivity contribution in [1.29, 1.82) is 0 Å². The molecule has 0 aromatic rings. The Kier molecular flexibility index (Phi) is 4.52. The third-order valence-electron chi connectivity index (χ3n) is 5.21. The number of likely N-dealkylation sites (N-methyl/N-ethyl adjacent to an activating group) is 2. The van der Waals surface area contributed by atoms with Crippen LogP contribution >= 0.6 is 0 Å². The van der Waals surface area contributed by atoms with Crippen LogP contribution in [-0.4, -0.2) is 55.1 Å². The van der Waals surface area contributed by atoms with Gasteiger partial charge < -0.3 is 15.5 Å². The van der Waals surface area contributed by atoms with Crippen LogP contribution in [-0.2, 0) is 0 Å². The standard InChI is InChI=1S/C15H33N3/c1-13(2,14(3,4)16)11-18(7)12-15(17(5)6)9-8-10-15/h8-12,16H2,1-7H3. The molecule has 2 N–H and O–H groups in total. The predicted octanol–water partition coefficient (Wildman–Crippen LogP) is 2.17. The van der Waals surface area contributed by atoms with Crippen LogP contribution in [0, 0.1) is 5.41 Å². The fourth-order valence-corrected chi connectivity index (χ4v) is 2.77. The summed E-state index contributed by atoms with van der Waals surface area (Å²) in [6.07, 6.45) is 4.03. The molecule has 0 unspecified atom stereocenters. The van der Waals surface area contributed by atoms with E-state index < -0.39 is 0 Å². The Morgan fingerprint density at radius 2 is 1.56 bits per heavy atom. The van der Waals surface area contributed by atoms with E-state index in [-0.39, 0.29) is 11.0 Å². The Labute approximate surface area is 114 Å². The normalized spacial score (nSPS) is 20.3. The lowest BCUT2D eigenvalue weighted by molar-refractivity contribution is 0.0117. The molecule has 0 atom stereocenters. The van der Waals surface area contributed by atoms with Gasteiger partial charge in [0.15, 0.2) is 0 Å². The fraction of sp³-hybridized carbons (Fsp3) is 1.00. The number of hydrogen-bond acceptors (Lipinski definition) is 3. The minimum absolute atomic E-state index is 0.124. The molecule has 0 heterocycles. The van der Waals surface area contributed by atoms with Gasteiger partial charge in [0.2, 0.25) is 0 Å². The summed E-state index contributed by atoms with van der Waals surface area (Å²) in [5.74, 6) is 0. The second-order valence-electron chi connectivity index (χ2n) is 7.75. The zero-order valence-corrected chi connectivity index (χ0v) is 13.5. The molecule has 3 heteroatoms. The monoisotopic (exact) mass is 255 g/mol. The molecule has 1 fully saturated rings. The SMILES string of the molecule is CN(CC1(N(C)C)CCC1)CC(C)(C)C(C)(C)N. The van der Waals surface area contributed by atoms with E-state index in [0.29, 0.717) is 5.54 Å². The van der Waals surface area contributed by atoms with Crippen molar-refractivity contribution in [2.75, 3.05) is 34.2 Å². The van der Waals surface area contributed by atoms with Crippen LogP contribution in [0.5, 0.6) is 0 Å². The van der Waals surface area contributed by atoms with Gasteiger partial charge in [-0.15, -0.1) is 0 Å². The summed E-state index contributed by atoms with van der Waals surface area (Å²) in [7, 11) is 6.66. The molecule has 0 aromatic carbocycles. The van der Waals surface area contributed by atoms with Crippen molar-refractivity contribution in [1.82, 2.24) is 9.80 Å². The van der Waals surface area contributed by atoms with Crippen molar-refractivity contribution in [2.24, 2.45) is 11.1 Å². The molecule has 1 aliphatic carbocycles. The van der Waals surface area contributed by atoms with Gasteiger partial charge in [-0.25, -0.2) is 0 Å². The van der Waals surface area contributed by atoms with Crippen molar-refractivity contribution >= 4 is 0 Å². The van der Waals surface area contributed by atoms with E-state index in [2.05, 4.69) is 58.6 Å². The van der Waals surface area contributed by atoms with Crippen LogP contribution in [0.25, 0.3) is 0 Å². The van der Waals surface area contributed by atoms with Gasteiger partial charge in [-0.1, -0.05) is 13.8 Å². The number of nitrogens with two attached hydrogens (primary N) is 1. The number of nitrogens with zero attached hydrogens (tertiary/aromatic N) is 2. The minimum atomic E-state index is -0.147. The summed E-state index contributed by atoms with van der Waals surface area (Å²) in [6, 6.07) is 0. The first-order valence-corrected chi connectivity index (χ1v) is 7.15. The van der Waals surface area contributed by atoms with Crippen molar-refractivity contribution in [3.63, 3.8) is 0 Å². The van der Waals surface area contributed by atoms with E-state index in [1.54, 1.807) is 0 Å². The van der Waals surface area contributed by atoms with Crippen molar-refractivity contribution < 1.29 is 0 Å². The van der Waals surface area contributed by atoms with Gasteiger partial charge in [0, 0.05) is 24.2 Å². The maximum atomic E-state index is 6.29. The van der Waals surface area contributed by atoms with E-state index in [1.807, 2.05) is 0 Å². The smallest absolute Gasteiger partial charge is 0.0330 e. The molecule has 108 valence electrons. The fourth-order valence-electron chi connectivity index (χ4n) is 2.77. The van der Waals surface area contributed by atoms with Crippen LogP contribution in [0.15, 0.2) is 0 Å².